The van der Waals surface area contributed by atoms with E-state index >= 15 is 0 Å². The van der Waals surface area contributed by atoms with Gasteiger partial charge in [-0.05, 0) is 40.2 Å². The molecule has 0 saturated carbocycles. The fourth-order valence-electron chi connectivity index (χ4n) is 1.48. The first kappa shape index (κ1) is 13.4. The molecule has 19 heavy (non-hydrogen) atoms. The molecular weight excluding hydrogens is 312 g/mol. The van der Waals surface area contributed by atoms with Crippen molar-refractivity contribution in [2.24, 2.45) is 0 Å². The Hall–Kier alpha value is -2.08. The Morgan fingerprint density at radius 3 is 2.89 bits per heavy atom. The number of carbonyl (C=O) groups excluding carboxylic acids is 1. The van der Waals surface area contributed by atoms with Crippen LogP contribution in [0.3, 0.4) is 0 Å². The maximum Gasteiger partial charge on any atom is 0.278 e. The minimum atomic E-state index is -0.493. The summed E-state index contributed by atoms with van der Waals surface area (Å²) in [5.41, 5.74) is 0.506. The normalized spacial score (nSPS) is 10.0. The third-order valence-electron chi connectivity index (χ3n) is 2.42. The molecule has 0 aliphatic rings. The lowest BCUT2D eigenvalue weighted by atomic mass is 10.2. The number of carbonyl (C=O) groups is 1. The average molecular weight is 323 g/mol. The summed E-state index contributed by atoms with van der Waals surface area (Å²) < 4.78 is 5.79. The molecule has 0 spiro atoms. The third-order valence-corrected chi connectivity index (χ3v) is 3.11. The number of hydrogen-bond acceptors (Lipinski definition) is 4. The van der Waals surface area contributed by atoms with Crippen LogP contribution in [-0.4, -0.2) is 23.1 Å². The summed E-state index contributed by atoms with van der Waals surface area (Å²) in [6.45, 7) is 0. The minimum Gasteiger partial charge on any atom is -0.505 e. The highest BCUT2D eigenvalue weighted by atomic mass is 79.9. The molecule has 2 N–H and O–H groups in total. The number of methoxy groups -OCH3 is 1. The van der Waals surface area contributed by atoms with E-state index in [9.17, 15) is 9.90 Å². The molecule has 0 radical (unpaired) electrons. The topological polar surface area (TPSA) is 71.5 Å². The molecule has 1 heterocycles. The van der Waals surface area contributed by atoms with Crippen LogP contribution < -0.4 is 10.1 Å². The zero-order valence-corrected chi connectivity index (χ0v) is 11.6. The highest BCUT2D eigenvalue weighted by Crippen LogP contribution is 2.28. The van der Waals surface area contributed by atoms with Crippen LogP contribution in [0.4, 0.5) is 5.69 Å². The van der Waals surface area contributed by atoms with Crippen LogP contribution in [0.5, 0.6) is 11.5 Å². The first-order valence-electron chi connectivity index (χ1n) is 5.40. The lowest BCUT2D eigenvalue weighted by Crippen LogP contribution is -2.14. The molecule has 0 saturated heterocycles. The van der Waals surface area contributed by atoms with E-state index in [0.717, 1.165) is 0 Å². The summed E-state index contributed by atoms with van der Waals surface area (Å²) in [6.07, 6.45) is 1.44. The zero-order chi connectivity index (χ0) is 13.8. The number of aromatic nitrogens is 1. The maximum atomic E-state index is 12.0. The molecule has 0 atom stereocenters. The number of aromatic hydroxyl groups is 1. The van der Waals surface area contributed by atoms with Crippen LogP contribution in [0.2, 0.25) is 0 Å². The van der Waals surface area contributed by atoms with Crippen molar-refractivity contribution in [3.8, 4) is 11.5 Å². The molecular formula is C13H11BrN2O3. The Kier molecular flexibility index (Phi) is 4.01. The van der Waals surface area contributed by atoms with Crippen molar-refractivity contribution in [2.75, 3.05) is 12.4 Å². The predicted molar refractivity (Wildman–Crippen MR) is 74.5 cm³/mol. The van der Waals surface area contributed by atoms with Gasteiger partial charge in [0.25, 0.3) is 5.91 Å². The van der Waals surface area contributed by atoms with Gasteiger partial charge < -0.3 is 15.2 Å². The Balaban J connectivity index is 2.26. The second kappa shape index (κ2) is 5.71. The number of hydrogen-bond donors (Lipinski definition) is 2. The van der Waals surface area contributed by atoms with E-state index in [0.29, 0.717) is 15.9 Å². The fraction of sp³-hybridized carbons (Fsp3) is 0.0769. The van der Waals surface area contributed by atoms with Gasteiger partial charge in [-0.25, -0.2) is 4.98 Å². The highest BCUT2D eigenvalue weighted by molar-refractivity contribution is 9.10. The van der Waals surface area contributed by atoms with Crippen LogP contribution in [0, 0.1) is 0 Å². The molecule has 0 bridgehead atoms. The van der Waals surface area contributed by atoms with Gasteiger partial charge in [0.05, 0.1) is 12.8 Å². The molecule has 2 aromatic rings. The summed E-state index contributed by atoms with van der Waals surface area (Å²) in [7, 11) is 1.54. The van der Waals surface area contributed by atoms with Crippen molar-refractivity contribution in [1.82, 2.24) is 4.98 Å². The van der Waals surface area contributed by atoms with Gasteiger partial charge in [-0.15, -0.1) is 0 Å². The number of benzene rings is 1. The van der Waals surface area contributed by atoms with Crippen LogP contribution >= 0.6 is 15.9 Å². The third kappa shape index (κ3) is 3.03. The van der Waals surface area contributed by atoms with Gasteiger partial charge in [-0.1, -0.05) is 0 Å². The summed E-state index contributed by atoms with van der Waals surface area (Å²) in [6, 6.07) is 8.14. The van der Waals surface area contributed by atoms with Gasteiger partial charge in [0.2, 0.25) is 0 Å². The van der Waals surface area contributed by atoms with Gasteiger partial charge in [0.15, 0.2) is 5.69 Å². The van der Waals surface area contributed by atoms with Gasteiger partial charge in [0, 0.05) is 16.7 Å². The summed E-state index contributed by atoms with van der Waals surface area (Å²) >= 11 is 3.33. The Morgan fingerprint density at radius 1 is 1.42 bits per heavy atom. The first-order valence-corrected chi connectivity index (χ1v) is 6.20. The fourth-order valence-corrected chi connectivity index (χ4v) is 1.83. The molecule has 1 aromatic carbocycles. The van der Waals surface area contributed by atoms with E-state index in [4.69, 9.17) is 4.74 Å². The number of amides is 1. The number of rotatable bonds is 3. The Bertz CT molecular complexity index is 617. The van der Waals surface area contributed by atoms with E-state index in [1.807, 2.05) is 0 Å². The summed E-state index contributed by atoms with van der Waals surface area (Å²) in [4.78, 5) is 15.8. The number of pyridine rings is 1. The molecule has 2 rings (SSSR count). The number of ether oxygens (including phenoxy) is 1. The summed E-state index contributed by atoms with van der Waals surface area (Å²) in [5.74, 6) is -0.0465. The largest absolute Gasteiger partial charge is 0.505 e. The molecule has 6 heteroatoms. The van der Waals surface area contributed by atoms with E-state index in [1.165, 1.54) is 12.3 Å². The quantitative estimate of drug-likeness (QED) is 0.911. The molecule has 1 amide bonds. The number of nitrogens with one attached hydrogen (secondary N) is 1. The van der Waals surface area contributed by atoms with E-state index in [1.54, 1.807) is 31.4 Å². The van der Waals surface area contributed by atoms with Crippen molar-refractivity contribution in [2.45, 2.75) is 0 Å². The molecule has 5 nitrogen and oxygen atoms in total. The molecule has 0 aliphatic heterocycles. The van der Waals surface area contributed by atoms with Gasteiger partial charge in [-0.2, -0.15) is 0 Å². The van der Waals surface area contributed by atoms with Crippen molar-refractivity contribution >= 4 is 27.5 Å². The van der Waals surface area contributed by atoms with Crippen LogP contribution in [-0.2, 0) is 0 Å². The number of anilines is 1. The van der Waals surface area contributed by atoms with E-state index < -0.39 is 5.91 Å². The standard InChI is InChI=1S/C13H11BrN2O3/c1-19-8-4-5-9(14)10(7-8)16-13(18)12-11(17)3-2-6-15-12/h2-7,17H,1H3,(H,16,18). The summed E-state index contributed by atoms with van der Waals surface area (Å²) in [5, 5.41) is 12.2. The van der Waals surface area contributed by atoms with E-state index in [-0.39, 0.29) is 11.4 Å². The zero-order valence-electron chi connectivity index (χ0n) is 10.1. The molecule has 0 fully saturated rings. The lowest BCUT2D eigenvalue weighted by molar-refractivity contribution is 0.101. The van der Waals surface area contributed by atoms with Crippen molar-refractivity contribution in [1.29, 1.82) is 0 Å². The van der Waals surface area contributed by atoms with E-state index in [2.05, 4.69) is 26.2 Å². The lowest BCUT2D eigenvalue weighted by Gasteiger charge is -2.09. The Labute approximate surface area is 118 Å². The molecule has 0 unspecified atom stereocenters. The smallest absolute Gasteiger partial charge is 0.278 e. The monoisotopic (exact) mass is 322 g/mol. The SMILES string of the molecule is COc1ccc(Br)c(NC(=O)c2ncccc2O)c1. The average Bonchev–Trinajstić information content (AvgIpc) is 2.41. The van der Waals surface area contributed by atoms with Crippen molar-refractivity contribution in [3.05, 3.63) is 46.7 Å². The number of halogens is 1. The molecule has 98 valence electrons. The molecule has 0 aliphatic carbocycles. The highest BCUT2D eigenvalue weighted by Gasteiger charge is 2.14. The van der Waals surface area contributed by atoms with Crippen molar-refractivity contribution in [3.63, 3.8) is 0 Å². The van der Waals surface area contributed by atoms with Gasteiger partial charge in [0.1, 0.15) is 11.5 Å². The van der Waals surface area contributed by atoms with Gasteiger partial charge in [-0.3, -0.25) is 4.79 Å². The van der Waals surface area contributed by atoms with Crippen molar-refractivity contribution < 1.29 is 14.6 Å². The minimum absolute atomic E-state index is 0.0304. The van der Waals surface area contributed by atoms with Crippen LogP contribution in [0.15, 0.2) is 41.0 Å². The Morgan fingerprint density at radius 2 is 2.21 bits per heavy atom. The predicted octanol–water partition coefficient (Wildman–Crippen LogP) is 2.81. The second-order valence-electron chi connectivity index (χ2n) is 3.67. The van der Waals surface area contributed by atoms with Crippen LogP contribution in [0.1, 0.15) is 10.5 Å². The second-order valence-corrected chi connectivity index (χ2v) is 4.53. The first-order chi connectivity index (χ1) is 9.11. The van der Waals surface area contributed by atoms with Gasteiger partial charge >= 0.3 is 0 Å². The molecule has 1 aromatic heterocycles. The maximum absolute atomic E-state index is 12.0. The van der Waals surface area contributed by atoms with Crippen LogP contribution in [0.25, 0.3) is 0 Å². The number of nitrogens with zero attached hydrogens (tertiary/aromatic N) is 1.